The number of likely N-dealkylation sites (N-methyl/N-ethyl adjacent to an activating group) is 1. The summed E-state index contributed by atoms with van der Waals surface area (Å²) in [6.07, 6.45) is 0. The molecule has 4 heteroatoms. The monoisotopic (exact) mass is 285 g/mol. The smallest absolute Gasteiger partial charge is 0.287 e. The van der Waals surface area contributed by atoms with Crippen molar-refractivity contribution in [2.24, 2.45) is 0 Å². The molecule has 21 heavy (non-hydrogen) atoms. The molecule has 0 bridgehead atoms. The Kier molecular flexibility index (Phi) is 4.95. The van der Waals surface area contributed by atoms with Crippen LogP contribution in [-0.4, -0.2) is 20.1 Å². The Morgan fingerprint density at radius 1 is 1.19 bits per heavy atom. The highest BCUT2D eigenvalue weighted by Gasteiger charge is 2.23. The molecular weight excluding hydrogens is 264 g/mol. The number of anilines is 1. The van der Waals surface area contributed by atoms with Crippen molar-refractivity contribution in [3.8, 4) is 5.75 Å². The molecule has 0 fully saturated rings. The highest BCUT2D eigenvalue weighted by atomic mass is 16.5. The molecule has 4 nitrogen and oxygen atoms in total. The predicted octanol–water partition coefficient (Wildman–Crippen LogP) is 1.88. The fourth-order valence-electron chi connectivity index (χ4n) is 2.29. The first kappa shape index (κ1) is 15.1. The molecule has 0 aliphatic heterocycles. The quantitative estimate of drug-likeness (QED) is 0.881. The van der Waals surface area contributed by atoms with Crippen LogP contribution >= 0.6 is 0 Å². The van der Waals surface area contributed by atoms with Crippen molar-refractivity contribution in [2.45, 2.75) is 13.0 Å². The van der Waals surface area contributed by atoms with Gasteiger partial charge in [0, 0.05) is 5.56 Å². The van der Waals surface area contributed by atoms with Crippen molar-refractivity contribution in [1.29, 1.82) is 0 Å². The average Bonchev–Trinajstić information content (AvgIpc) is 2.49. The Labute approximate surface area is 125 Å². The van der Waals surface area contributed by atoms with E-state index < -0.39 is 0 Å². The van der Waals surface area contributed by atoms with Gasteiger partial charge in [-0.1, -0.05) is 36.4 Å². The van der Waals surface area contributed by atoms with E-state index in [-0.39, 0.29) is 11.9 Å². The van der Waals surface area contributed by atoms with Crippen molar-refractivity contribution >= 4 is 11.6 Å². The largest absolute Gasteiger partial charge is 0.495 e. The van der Waals surface area contributed by atoms with Crippen LogP contribution in [0.3, 0.4) is 0 Å². The van der Waals surface area contributed by atoms with Gasteiger partial charge in [0.05, 0.1) is 19.8 Å². The van der Waals surface area contributed by atoms with E-state index in [1.165, 1.54) is 0 Å². The Morgan fingerprint density at radius 3 is 2.52 bits per heavy atom. The number of nitrogens with two attached hydrogens (primary N) is 1. The first-order valence-electron chi connectivity index (χ1n) is 6.95. The summed E-state index contributed by atoms with van der Waals surface area (Å²) in [5, 5.41) is 4.85. The van der Waals surface area contributed by atoms with Crippen molar-refractivity contribution in [3.63, 3.8) is 0 Å². The number of carbonyl (C=O) groups excluding carboxylic acids is 1. The molecule has 1 amide bonds. The minimum atomic E-state index is -0.281. The molecule has 0 heterocycles. The van der Waals surface area contributed by atoms with Crippen LogP contribution in [0.2, 0.25) is 0 Å². The maximum absolute atomic E-state index is 12.5. The van der Waals surface area contributed by atoms with Crippen LogP contribution in [0.4, 0.5) is 5.69 Å². The molecule has 0 aliphatic carbocycles. The van der Waals surface area contributed by atoms with Crippen LogP contribution in [0.1, 0.15) is 17.2 Å². The fourth-order valence-corrected chi connectivity index (χ4v) is 2.29. The molecule has 0 aromatic heterocycles. The van der Waals surface area contributed by atoms with Gasteiger partial charge < -0.3 is 15.4 Å². The molecule has 0 unspecified atom stereocenters. The Morgan fingerprint density at radius 2 is 1.90 bits per heavy atom. The zero-order chi connectivity index (χ0) is 15.2. The fraction of sp³-hybridized carbons (Fsp3) is 0.235. The number of amides is 1. The van der Waals surface area contributed by atoms with E-state index in [0.717, 1.165) is 11.1 Å². The van der Waals surface area contributed by atoms with Crippen LogP contribution in [0, 0.1) is 6.92 Å². The minimum Gasteiger partial charge on any atom is -0.495 e. The molecule has 2 aromatic rings. The van der Waals surface area contributed by atoms with Crippen LogP contribution < -0.4 is 15.4 Å². The summed E-state index contributed by atoms with van der Waals surface area (Å²) in [6.45, 7) is 1.98. The second kappa shape index (κ2) is 6.90. The molecule has 0 saturated carbocycles. The maximum atomic E-state index is 12.5. The lowest BCUT2D eigenvalue weighted by atomic mass is 10.1. The topological polar surface area (TPSA) is 54.9 Å². The lowest BCUT2D eigenvalue weighted by Crippen LogP contribution is -2.83. The zero-order valence-corrected chi connectivity index (χ0v) is 12.6. The van der Waals surface area contributed by atoms with Crippen LogP contribution in [0.15, 0.2) is 48.5 Å². The molecule has 0 aliphatic rings. The number of hydrogen-bond acceptors (Lipinski definition) is 2. The second-order valence-corrected chi connectivity index (χ2v) is 4.91. The highest BCUT2D eigenvalue weighted by Crippen LogP contribution is 2.26. The normalized spacial score (nSPS) is 11.8. The number of rotatable bonds is 5. The average molecular weight is 285 g/mol. The number of carbonyl (C=O) groups is 1. The summed E-state index contributed by atoms with van der Waals surface area (Å²) in [5.41, 5.74) is 2.75. The molecule has 0 saturated heterocycles. The third-order valence-electron chi connectivity index (χ3n) is 3.39. The Hall–Kier alpha value is -2.33. The standard InChI is InChI=1S/C17H20N2O2/c1-12-9-10-15(21-3)14(11-12)19-17(20)16(18-2)13-7-5-4-6-8-13/h4-11,16,18H,1-3H3,(H,19,20)/p+1/t16-/m0/s1. The van der Waals surface area contributed by atoms with E-state index in [0.29, 0.717) is 11.4 Å². The Bertz CT molecular complexity index is 611. The zero-order valence-electron chi connectivity index (χ0n) is 12.6. The van der Waals surface area contributed by atoms with Gasteiger partial charge >= 0.3 is 0 Å². The lowest BCUT2D eigenvalue weighted by molar-refractivity contribution is -0.656. The van der Waals surface area contributed by atoms with Gasteiger partial charge in [0.15, 0.2) is 6.04 Å². The molecule has 1 atom stereocenters. The van der Waals surface area contributed by atoms with Crippen molar-refractivity contribution < 1.29 is 14.8 Å². The number of benzene rings is 2. The molecular formula is C17H21N2O2+. The summed E-state index contributed by atoms with van der Waals surface area (Å²) >= 11 is 0. The number of methoxy groups -OCH3 is 1. The third-order valence-corrected chi connectivity index (χ3v) is 3.39. The van der Waals surface area contributed by atoms with Gasteiger partial charge in [-0.25, -0.2) is 0 Å². The van der Waals surface area contributed by atoms with Crippen molar-refractivity contribution in [1.82, 2.24) is 0 Å². The summed E-state index contributed by atoms with van der Waals surface area (Å²) in [6, 6.07) is 15.2. The summed E-state index contributed by atoms with van der Waals surface area (Å²) in [5.74, 6) is 0.601. The van der Waals surface area contributed by atoms with E-state index in [2.05, 4.69) is 5.32 Å². The van der Waals surface area contributed by atoms with Gasteiger partial charge in [0.25, 0.3) is 5.91 Å². The minimum absolute atomic E-state index is 0.0624. The summed E-state index contributed by atoms with van der Waals surface area (Å²) in [7, 11) is 3.49. The van der Waals surface area contributed by atoms with Gasteiger partial charge in [-0.3, -0.25) is 4.79 Å². The van der Waals surface area contributed by atoms with Crippen molar-refractivity contribution in [2.75, 3.05) is 19.5 Å². The molecule has 0 spiro atoms. The number of ether oxygens (including phenoxy) is 1. The Balaban J connectivity index is 2.22. The summed E-state index contributed by atoms with van der Waals surface area (Å²) < 4.78 is 5.30. The predicted molar refractivity (Wildman–Crippen MR) is 83.4 cm³/mol. The van der Waals surface area contributed by atoms with E-state index in [1.807, 2.05) is 67.8 Å². The number of hydrogen-bond donors (Lipinski definition) is 2. The van der Waals surface area contributed by atoms with Crippen LogP contribution in [0.25, 0.3) is 0 Å². The first-order chi connectivity index (χ1) is 10.2. The third kappa shape index (κ3) is 3.61. The van der Waals surface area contributed by atoms with Gasteiger partial charge in [-0.15, -0.1) is 0 Å². The molecule has 2 rings (SSSR count). The van der Waals surface area contributed by atoms with Gasteiger partial charge in [0.2, 0.25) is 0 Å². The number of quaternary nitrogens is 1. The van der Waals surface area contributed by atoms with Gasteiger partial charge in [0.1, 0.15) is 5.75 Å². The van der Waals surface area contributed by atoms with Gasteiger partial charge in [-0.05, 0) is 24.6 Å². The second-order valence-electron chi connectivity index (χ2n) is 4.91. The van der Waals surface area contributed by atoms with E-state index >= 15 is 0 Å². The molecule has 0 radical (unpaired) electrons. The van der Waals surface area contributed by atoms with Crippen LogP contribution in [-0.2, 0) is 4.79 Å². The molecule has 110 valence electrons. The van der Waals surface area contributed by atoms with Crippen LogP contribution in [0.5, 0.6) is 5.75 Å². The van der Waals surface area contributed by atoms with Gasteiger partial charge in [-0.2, -0.15) is 0 Å². The lowest BCUT2D eigenvalue weighted by Gasteiger charge is -2.15. The number of nitrogens with one attached hydrogen (secondary N) is 1. The molecule has 3 N–H and O–H groups in total. The van der Waals surface area contributed by atoms with E-state index in [1.54, 1.807) is 7.11 Å². The first-order valence-corrected chi connectivity index (χ1v) is 6.95. The van der Waals surface area contributed by atoms with E-state index in [4.69, 9.17) is 4.74 Å². The number of aryl methyl sites for hydroxylation is 1. The van der Waals surface area contributed by atoms with Crippen molar-refractivity contribution in [3.05, 3.63) is 59.7 Å². The maximum Gasteiger partial charge on any atom is 0.287 e. The molecule has 2 aromatic carbocycles. The van der Waals surface area contributed by atoms with E-state index in [9.17, 15) is 4.79 Å². The highest BCUT2D eigenvalue weighted by molar-refractivity contribution is 5.95. The summed E-state index contributed by atoms with van der Waals surface area (Å²) in [4.78, 5) is 12.5. The SMILES string of the molecule is C[NH2+][C@H](C(=O)Nc1cc(C)ccc1OC)c1ccccc1.